The van der Waals surface area contributed by atoms with Crippen LogP contribution in [0.3, 0.4) is 0 Å². The Hall–Kier alpha value is -3.17. The van der Waals surface area contributed by atoms with Gasteiger partial charge in [0.25, 0.3) is 0 Å². The summed E-state index contributed by atoms with van der Waals surface area (Å²) in [6, 6.07) is 7.59. The number of amides is 2. The third-order valence-corrected chi connectivity index (χ3v) is 4.47. The van der Waals surface area contributed by atoms with Crippen LogP contribution in [-0.4, -0.2) is 67.8 Å². The second-order valence-electron chi connectivity index (χ2n) is 6.84. The first kappa shape index (κ1) is 20.6. The van der Waals surface area contributed by atoms with Gasteiger partial charge in [-0.25, -0.2) is 14.8 Å². The Kier molecular flexibility index (Phi) is 6.30. The Labute approximate surface area is 168 Å². The highest BCUT2D eigenvalue weighted by Crippen LogP contribution is 2.21. The maximum atomic E-state index is 12.5. The number of piperazine rings is 1. The summed E-state index contributed by atoms with van der Waals surface area (Å²) in [5, 5.41) is 2.72. The lowest BCUT2D eigenvalue weighted by Crippen LogP contribution is -2.50. The Bertz CT molecular complexity index is 856. The number of aromatic nitrogens is 2. The largest absolute Gasteiger partial charge is 0.435 e. The number of rotatable bonds is 5. The molecule has 1 saturated heterocycles. The first-order valence-electron chi connectivity index (χ1n) is 9.20. The van der Waals surface area contributed by atoms with Gasteiger partial charge < -0.3 is 24.8 Å². The van der Waals surface area contributed by atoms with Crippen LogP contribution >= 0.6 is 0 Å². The van der Waals surface area contributed by atoms with Crippen molar-refractivity contribution in [1.29, 1.82) is 0 Å². The summed E-state index contributed by atoms with van der Waals surface area (Å²) in [6.07, 6.45) is 0. The number of nitrogens with zero attached hydrogens (tertiary/aromatic N) is 5. The number of carbonyl (C=O) groups excluding carboxylic acids is 1. The van der Waals surface area contributed by atoms with Gasteiger partial charge in [0.15, 0.2) is 0 Å². The van der Waals surface area contributed by atoms with Gasteiger partial charge in [0, 0.05) is 58.1 Å². The van der Waals surface area contributed by atoms with Crippen LogP contribution in [0.2, 0.25) is 0 Å². The van der Waals surface area contributed by atoms with E-state index in [-0.39, 0.29) is 11.8 Å². The van der Waals surface area contributed by atoms with Crippen molar-refractivity contribution in [2.75, 3.05) is 55.4 Å². The first-order valence-corrected chi connectivity index (χ1v) is 9.20. The van der Waals surface area contributed by atoms with E-state index in [2.05, 4.69) is 24.9 Å². The van der Waals surface area contributed by atoms with Gasteiger partial charge in [-0.15, -0.1) is 0 Å². The molecule has 10 heteroatoms. The summed E-state index contributed by atoms with van der Waals surface area (Å²) in [5.74, 6) is 2.35. The number of alkyl halides is 2. The molecular weight excluding hydrogens is 382 g/mol. The quantitative estimate of drug-likeness (QED) is 0.823. The molecule has 0 unspecified atom stereocenters. The van der Waals surface area contributed by atoms with Crippen LogP contribution in [0.25, 0.3) is 0 Å². The van der Waals surface area contributed by atoms with Crippen molar-refractivity contribution >= 4 is 23.4 Å². The van der Waals surface area contributed by atoms with E-state index in [0.717, 1.165) is 11.6 Å². The van der Waals surface area contributed by atoms with Crippen LogP contribution in [-0.2, 0) is 0 Å². The number of hydrogen-bond donors (Lipinski definition) is 1. The fraction of sp³-hybridized carbons (Fsp3) is 0.421. The normalized spacial score (nSPS) is 14.1. The zero-order valence-electron chi connectivity index (χ0n) is 16.6. The molecule has 0 radical (unpaired) electrons. The molecule has 2 heterocycles. The average Bonchev–Trinajstić information content (AvgIpc) is 2.67. The molecule has 3 rings (SSSR count). The van der Waals surface area contributed by atoms with E-state index in [1.165, 1.54) is 12.1 Å². The summed E-state index contributed by atoms with van der Waals surface area (Å²) in [6.45, 7) is 1.23. The topological polar surface area (TPSA) is 73.8 Å². The average molecular weight is 406 g/mol. The van der Waals surface area contributed by atoms with Gasteiger partial charge in [0.2, 0.25) is 0 Å². The Morgan fingerprint density at radius 3 is 2.55 bits per heavy atom. The molecule has 2 amide bonds. The number of ether oxygens (including phenoxy) is 1. The molecule has 1 N–H and O–H groups in total. The van der Waals surface area contributed by atoms with Crippen molar-refractivity contribution in [2.24, 2.45) is 0 Å². The molecule has 29 heavy (non-hydrogen) atoms. The van der Waals surface area contributed by atoms with E-state index in [1.54, 1.807) is 17.0 Å². The number of hydrogen-bond acceptors (Lipinski definition) is 6. The molecule has 1 fully saturated rings. The van der Waals surface area contributed by atoms with Gasteiger partial charge in [-0.2, -0.15) is 8.78 Å². The van der Waals surface area contributed by atoms with Crippen LogP contribution in [0.5, 0.6) is 5.75 Å². The van der Waals surface area contributed by atoms with Gasteiger partial charge >= 0.3 is 12.6 Å². The number of aryl methyl sites for hydroxylation is 1. The van der Waals surface area contributed by atoms with E-state index in [4.69, 9.17) is 0 Å². The first-order chi connectivity index (χ1) is 13.8. The van der Waals surface area contributed by atoms with Crippen molar-refractivity contribution in [3.63, 3.8) is 0 Å². The van der Waals surface area contributed by atoms with Crippen LogP contribution < -0.4 is 19.9 Å². The smallest absolute Gasteiger partial charge is 0.387 e. The fourth-order valence-corrected chi connectivity index (χ4v) is 3.02. The third kappa shape index (κ3) is 5.43. The lowest BCUT2D eigenvalue weighted by Gasteiger charge is -2.35. The van der Waals surface area contributed by atoms with Crippen LogP contribution in [0, 0.1) is 6.92 Å². The lowest BCUT2D eigenvalue weighted by molar-refractivity contribution is -0.0497. The third-order valence-electron chi connectivity index (χ3n) is 4.47. The van der Waals surface area contributed by atoms with Crippen molar-refractivity contribution in [1.82, 2.24) is 14.9 Å². The van der Waals surface area contributed by atoms with Crippen molar-refractivity contribution in [3.05, 3.63) is 36.2 Å². The standard InChI is InChI=1S/C19H24F2N6O2/c1-13-22-16(25(2)3)12-17(23-13)26-7-9-27(10-8-26)19(28)24-14-5-4-6-15(11-14)29-18(20)21/h4-6,11-12,18H,7-10H2,1-3H3,(H,24,28). The number of nitrogens with one attached hydrogen (secondary N) is 1. The summed E-state index contributed by atoms with van der Waals surface area (Å²) in [5.41, 5.74) is 0.401. The lowest BCUT2D eigenvalue weighted by atomic mass is 10.3. The summed E-state index contributed by atoms with van der Waals surface area (Å²) in [7, 11) is 3.85. The fourth-order valence-electron chi connectivity index (χ4n) is 3.02. The molecule has 0 saturated carbocycles. The second-order valence-corrected chi connectivity index (χ2v) is 6.84. The van der Waals surface area contributed by atoms with Gasteiger partial charge in [0.1, 0.15) is 23.2 Å². The highest BCUT2D eigenvalue weighted by Gasteiger charge is 2.23. The van der Waals surface area contributed by atoms with E-state index in [1.807, 2.05) is 32.0 Å². The molecule has 1 aliphatic rings. The molecule has 1 aromatic carbocycles. The number of benzene rings is 1. The molecule has 0 aliphatic carbocycles. The Morgan fingerprint density at radius 2 is 1.90 bits per heavy atom. The van der Waals surface area contributed by atoms with Gasteiger partial charge in [0.05, 0.1) is 0 Å². The molecule has 1 aliphatic heterocycles. The molecule has 156 valence electrons. The molecule has 0 atom stereocenters. The SMILES string of the molecule is Cc1nc(N(C)C)cc(N2CCN(C(=O)Nc3cccc(OC(F)F)c3)CC2)n1. The molecule has 1 aromatic heterocycles. The van der Waals surface area contributed by atoms with Crippen molar-refractivity contribution < 1.29 is 18.3 Å². The van der Waals surface area contributed by atoms with Crippen molar-refractivity contribution in [3.8, 4) is 5.75 Å². The highest BCUT2D eigenvalue weighted by molar-refractivity contribution is 5.89. The van der Waals surface area contributed by atoms with Crippen LogP contribution in [0.15, 0.2) is 30.3 Å². The zero-order valence-corrected chi connectivity index (χ0v) is 16.6. The van der Waals surface area contributed by atoms with E-state index in [0.29, 0.717) is 37.7 Å². The maximum Gasteiger partial charge on any atom is 0.387 e. The minimum absolute atomic E-state index is 0.00144. The Morgan fingerprint density at radius 1 is 1.17 bits per heavy atom. The van der Waals surface area contributed by atoms with Gasteiger partial charge in [-0.1, -0.05) is 6.07 Å². The predicted molar refractivity (Wildman–Crippen MR) is 107 cm³/mol. The minimum atomic E-state index is -2.91. The number of carbonyl (C=O) groups is 1. The van der Waals surface area contributed by atoms with E-state index >= 15 is 0 Å². The minimum Gasteiger partial charge on any atom is -0.435 e. The zero-order chi connectivity index (χ0) is 21.0. The Balaban J connectivity index is 1.59. The monoisotopic (exact) mass is 406 g/mol. The molecule has 0 spiro atoms. The number of anilines is 3. The number of halogens is 2. The number of urea groups is 1. The van der Waals surface area contributed by atoms with Crippen molar-refractivity contribution in [2.45, 2.75) is 13.5 Å². The molecule has 8 nitrogen and oxygen atoms in total. The molecular formula is C19H24F2N6O2. The van der Waals surface area contributed by atoms with E-state index < -0.39 is 6.61 Å². The summed E-state index contributed by atoms with van der Waals surface area (Å²) < 4.78 is 29.0. The van der Waals surface area contributed by atoms with Gasteiger partial charge in [-0.05, 0) is 19.1 Å². The summed E-state index contributed by atoms with van der Waals surface area (Å²) >= 11 is 0. The van der Waals surface area contributed by atoms with Crippen LogP contribution in [0.4, 0.5) is 30.9 Å². The van der Waals surface area contributed by atoms with E-state index in [9.17, 15) is 13.6 Å². The predicted octanol–water partition coefficient (Wildman–Crippen LogP) is 2.81. The summed E-state index contributed by atoms with van der Waals surface area (Å²) in [4.78, 5) is 27.1. The van der Waals surface area contributed by atoms with Gasteiger partial charge in [-0.3, -0.25) is 0 Å². The van der Waals surface area contributed by atoms with Crippen LogP contribution in [0.1, 0.15) is 5.82 Å². The highest BCUT2D eigenvalue weighted by atomic mass is 19.3. The maximum absolute atomic E-state index is 12.5. The second kappa shape index (κ2) is 8.89. The molecule has 0 bridgehead atoms. The molecule has 2 aromatic rings.